The van der Waals surface area contributed by atoms with Crippen molar-refractivity contribution in [1.29, 1.82) is 0 Å². The van der Waals surface area contributed by atoms with Crippen molar-refractivity contribution in [2.45, 2.75) is 165 Å². The second-order valence-electron chi connectivity index (χ2n) is 35.8. The van der Waals surface area contributed by atoms with Gasteiger partial charge >= 0.3 is 0 Å². The number of aromatic hydroxyl groups is 1. The van der Waals surface area contributed by atoms with Crippen LogP contribution in [0.2, 0.25) is 0 Å². The highest BCUT2D eigenvalue weighted by Gasteiger charge is 2.37. The van der Waals surface area contributed by atoms with Crippen LogP contribution in [-0.4, -0.2) is 303 Å². The molecular weight excluding hydrogens is 1750 g/mol. The molecule has 134 heavy (non-hydrogen) atoms. The Bertz CT molecular complexity index is 5690. The lowest BCUT2D eigenvalue weighted by atomic mass is 10.1. The largest absolute Gasteiger partial charge is 0.504 e. The molecule has 39 heteroatoms. The number of fused-ring (bicyclic) bond motifs is 5. The van der Waals surface area contributed by atoms with Crippen molar-refractivity contribution in [1.82, 2.24) is 49.8 Å². The topological polar surface area (TPSA) is 392 Å². The van der Waals surface area contributed by atoms with Crippen LogP contribution in [0.25, 0.3) is 54.5 Å². The van der Waals surface area contributed by atoms with Crippen LogP contribution in [0, 0.1) is 0 Å². The quantitative estimate of drug-likeness (QED) is 0.0389. The van der Waals surface area contributed by atoms with E-state index in [0.717, 1.165) is 235 Å². The summed E-state index contributed by atoms with van der Waals surface area (Å²) in [4.78, 5) is 65.0. The summed E-state index contributed by atoms with van der Waals surface area (Å²) in [6.45, 7) is 14.2. The molecule has 0 saturated carbocycles. The molecule has 36 nitrogen and oxygen atoms in total. The van der Waals surface area contributed by atoms with E-state index in [9.17, 15) is 32.5 Å². The zero-order valence-corrected chi connectivity index (χ0v) is 79.3. The zero-order chi connectivity index (χ0) is 93.7. The zero-order valence-electron chi connectivity index (χ0n) is 78.5. The van der Waals surface area contributed by atoms with Gasteiger partial charge in [-0.15, -0.1) is 0 Å². The number of anilines is 10. The lowest BCUT2D eigenvalue weighted by Gasteiger charge is -2.34. The molecule has 724 valence electrons. The van der Waals surface area contributed by atoms with Gasteiger partial charge in [0, 0.05) is 194 Å². The summed E-state index contributed by atoms with van der Waals surface area (Å²) in [5, 5.41) is 41.7. The number of alkyl halides is 2. The third-order valence-electron chi connectivity index (χ3n) is 26.5. The predicted octanol–water partition coefficient (Wildman–Crippen LogP) is 12.0. The molecule has 0 bridgehead atoms. The number of β-amino-alcohol motifs (C(OH)–C–C–N with tert-alkyl or cyclic N) is 2. The fourth-order valence-corrected chi connectivity index (χ4v) is 20.9. The van der Waals surface area contributed by atoms with Gasteiger partial charge in [-0.3, -0.25) is 0 Å². The maximum absolute atomic E-state index is 13.5. The lowest BCUT2D eigenvalue weighted by molar-refractivity contribution is -0.0222. The van der Waals surface area contributed by atoms with E-state index in [0.29, 0.717) is 112 Å². The third-order valence-corrected chi connectivity index (χ3v) is 28.3. The summed E-state index contributed by atoms with van der Waals surface area (Å²) in [5.41, 5.74) is 10.1. The molecule has 10 aromatic rings. The smallest absolute Gasteiger partial charge is 0.251 e. The number of nitrogens with two attached hydrogens (primary N) is 1. The summed E-state index contributed by atoms with van der Waals surface area (Å²) in [6.07, 6.45) is 17.2. The molecule has 10 aliphatic heterocycles. The number of ether oxygens (including phenoxy) is 10. The maximum atomic E-state index is 13.5. The van der Waals surface area contributed by atoms with Crippen LogP contribution in [0.3, 0.4) is 0 Å². The number of halogens is 2. The highest BCUT2D eigenvalue weighted by atomic mass is 32.2. The van der Waals surface area contributed by atoms with Gasteiger partial charge in [-0.05, 0) is 146 Å². The number of aromatic nitrogens is 10. The number of aliphatic hydroxyl groups is 2. The first-order valence-corrected chi connectivity index (χ1v) is 49.0. The van der Waals surface area contributed by atoms with Crippen molar-refractivity contribution in [3.63, 3.8) is 0 Å². The van der Waals surface area contributed by atoms with Crippen molar-refractivity contribution in [3.8, 4) is 57.5 Å². The number of phenols is 1. The Kier molecular flexibility index (Phi) is 31.0. The second-order valence-corrected chi connectivity index (χ2v) is 38.1. The normalized spacial score (nSPS) is 21.2. The average molecular weight is 1880 g/mol. The van der Waals surface area contributed by atoms with E-state index in [2.05, 4.69) is 50.0 Å². The summed E-state index contributed by atoms with van der Waals surface area (Å²) < 4.78 is 106. The molecule has 0 amide bonds. The van der Waals surface area contributed by atoms with Crippen LogP contribution in [0.15, 0.2) is 60.7 Å². The van der Waals surface area contributed by atoms with Gasteiger partial charge in [-0.25, -0.2) is 42.1 Å². The molecule has 5 aromatic heterocycles. The molecule has 0 spiro atoms. The molecule has 5 aromatic carbocycles. The first-order valence-electron chi connectivity index (χ1n) is 47.2. The van der Waals surface area contributed by atoms with Crippen molar-refractivity contribution in [2.75, 3.05) is 243 Å². The molecule has 20 rings (SSSR count). The highest BCUT2D eigenvalue weighted by Crippen LogP contribution is 2.45. The molecule has 10 saturated heterocycles. The van der Waals surface area contributed by atoms with Crippen LogP contribution in [-0.2, 0) is 14.6 Å². The lowest BCUT2D eigenvalue weighted by Crippen LogP contribution is -2.43. The second kappa shape index (κ2) is 43.4. The van der Waals surface area contributed by atoms with Crippen molar-refractivity contribution in [3.05, 3.63) is 60.7 Å². The number of rotatable bonds is 21. The minimum Gasteiger partial charge on any atom is -0.504 e. The Labute approximate surface area is 780 Å². The summed E-state index contributed by atoms with van der Waals surface area (Å²) in [7, 11) is 11.5. The number of phenolic OH excluding ortho intramolecular Hbond substituents is 1. The van der Waals surface area contributed by atoms with Crippen LogP contribution in [0.5, 0.6) is 57.5 Å². The van der Waals surface area contributed by atoms with Gasteiger partial charge in [-0.2, -0.15) is 24.9 Å². The number of piperidine rings is 4. The van der Waals surface area contributed by atoms with Gasteiger partial charge in [0.05, 0.1) is 128 Å². The van der Waals surface area contributed by atoms with E-state index >= 15 is 0 Å². The Balaban J connectivity index is 0.000000122. The third kappa shape index (κ3) is 22.5. The van der Waals surface area contributed by atoms with Gasteiger partial charge in [0.2, 0.25) is 29.7 Å². The number of aliphatic hydroxyl groups excluding tert-OH is 2. The molecule has 0 aliphatic carbocycles. The van der Waals surface area contributed by atoms with E-state index in [1.165, 1.54) is 51.7 Å². The minimum atomic E-state index is -3.02. The number of hydrogen-bond acceptors (Lipinski definition) is 36. The maximum Gasteiger partial charge on any atom is 0.251 e. The van der Waals surface area contributed by atoms with E-state index in [1.807, 2.05) is 53.4 Å². The number of nitrogens with zero attached hydrogens (tertiary/aromatic N) is 18. The molecule has 10 fully saturated rings. The Morgan fingerprint density at radius 1 is 0.366 bits per heavy atom. The van der Waals surface area contributed by atoms with E-state index in [1.54, 1.807) is 67.8 Å². The minimum absolute atomic E-state index is 0.0468. The number of benzene rings is 5. The van der Waals surface area contributed by atoms with Crippen molar-refractivity contribution < 1.29 is 79.9 Å². The Morgan fingerprint density at radius 2 is 0.679 bits per heavy atom. The fourth-order valence-electron chi connectivity index (χ4n) is 19.2. The summed E-state index contributed by atoms with van der Waals surface area (Å²) in [5.74, 6) is 10.6. The van der Waals surface area contributed by atoms with Crippen LogP contribution >= 0.6 is 0 Å². The van der Waals surface area contributed by atoms with Crippen LogP contribution in [0.4, 0.5) is 67.6 Å². The predicted molar refractivity (Wildman–Crippen MR) is 518 cm³/mol. The SMILES string of the molecule is COc1cc2c(N3CCCC(O)C3)nc(N3CCC(F)(F)CC3)nc2cc1O.COc1cc2nc(N3CCCC3)nc(N3CCCC(N)C3)c2cc1OC.COc1cc2nc(N3CCCC3)nc(N3CCCC(O)C3)c2cc1OC.COc1cc2nc(N3CCCC3)nc(NC3CCCOC3)c2cc1OC.COc1cc2nc(N3CCCC3)nc(NC3CCCS(=O)(=O)C3)c2cc1OC. The van der Waals surface area contributed by atoms with E-state index < -0.39 is 21.9 Å². The molecule has 0 radical (unpaired) electrons. The van der Waals surface area contributed by atoms with E-state index in [4.69, 9.17) is 93.0 Å². The van der Waals surface area contributed by atoms with E-state index in [-0.39, 0.29) is 67.4 Å². The molecule has 15 heterocycles. The van der Waals surface area contributed by atoms with Gasteiger partial charge in [0.1, 0.15) is 29.1 Å². The first-order chi connectivity index (χ1) is 65.0. The average Bonchev–Trinajstić information content (AvgIpc) is 0.789. The van der Waals surface area contributed by atoms with Crippen LogP contribution < -0.4 is 98.2 Å². The Morgan fingerprint density at radius 3 is 1.04 bits per heavy atom. The highest BCUT2D eigenvalue weighted by molar-refractivity contribution is 7.91. The fraction of sp³-hybridized carbons (Fsp3) is 0.579. The monoisotopic (exact) mass is 1870 g/mol. The summed E-state index contributed by atoms with van der Waals surface area (Å²) >= 11 is 0. The van der Waals surface area contributed by atoms with Crippen LogP contribution in [0.1, 0.15) is 128 Å². The standard InChI is InChI=1S/C19H24F2N4O3.C19H27N5O2.C19H26N4O4S.2C19H26N4O3/c1-28-16-9-13-14(10-15(16)27)22-18(24-7-4-19(20,21)5-8-24)23-17(13)25-6-2-3-12(26)11-25;1-25-16-10-14-15(11-17(16)26-2)21-19(23-7-3-4-8-23)22-18(14)24-9-5-6-13(20)12-24;1-26-16-10-14-15(11-17(16)27-2)21-19(23-7-3-4-8-23)22-18(14)20-13-6-5-9-28(24,25)12-13;1-25-16-10-14-15(11-17(16)26-2)20-19(22-7-3-4-8-22)21-18(14)23-9-5-6-13(24)12-23;1-24-16-10-14-15(11-17(16)25-2)21-19(23-7-3-4-8-23)22-18(14)20-13-6-5-9-26-12-13/h9-10,12,26-27H,2-8,11H2,1H3;10-11,13H,3-9,12,20H2,1-2H3;10-11,13H,3-9,12H2,1-2H3,(H,20,21,22);10-11,13,24H,3-9,12H2,1-2H3;10-11,13H,3-9,12H2,1-2H3,(H,20,21,22). The first kappa shape index (κ1) is 95.6. The molecule has 5 atom stereocenters. The van der Waals surface area contributed by atoms with Gasteiger partial charge in [0.25, 0.3) is 5.92 Å². The number of methoxy groups -OCH3 is 9. The molecule has 5 unspecified atom stereocenters. The molecule has 7 N–H and O–H groups in total. The number of hydrogen-bond donors (Lipinski definition) is 6. The van der Waals surface area contributed by atoms with Gasteiger partial charge in [0.15, 0.2) is 67.3 Å². The van der Waals surface area contributed by atoms with Crippen molar-refractivity contribution >= 4 is 123 Å². The van der Waals surface area contributed by atoms with Crippen molar-refractivity contribution in [2.24, 2.45) is 5.73 Å². The molecule has 10 aliphatic rings. The van der Waals surface area contributed by atoms with Gasteiger partial charge in [-0.1, -0.05) is 0 Å². The summed E-state index contributed by atoms with van der Waals surface area (Å²) in [6, 6.07) is 18.8. The Hall–Kier alpha value is -11.6. The number of nitrogens with one attached hydrogen (secondary N) is 2. The van der Waals surface area contributed by atoms with Gasteiger partial charge < -0.3 is 118 Å². The molecular formula is C95H129F2N21O15S. The number of sulfone groups is 1.